The highest BCUT2D eigenvalue weighted by Crippen LogP contribution is 2.23. The van der Waals surface area contributed by atoms with Gasteiger partial charge >= 0.3 is 5.97 Å². The number of nitrogens with zero attached hydrogens (tertiary/aromatic N) is 1. The van der Waals surface area contributed by atoms with Gasteiger partial charge in [-0.25, -0.2) is 4.79 Å². The molecule has 5 nitrogen and oxygen atoms in total. The maximum absolute atomic E-state index is 12.4. The third-order valence-corrected chi connectivity index (χ3v) is 4.63. The van der Waals surface area contributed by atoms with Crippen LogP contribution >= 0.6 is 15.9 Å². The number of carbonyl (C=O) groups excluding carboxylic acids is 2. The van der Waals surface area contributed by atoms with Crippen molar-refractivity contribution in [3.05, 3.63) is 70.3 Å². The van der Waals surface area contributed by atoms with Crippen LogP contribution in [0.1, 0.15) is 22.8 Å². The van der Waals surface area contributed by atoms with Crippen molar-refractivity contribution in [2.24, 2.45) is 0 Å². The molecule has 0 aliphatic heterocycles. The summed E-state index contributed by atoms with van der Waals surface area (Å²) in [4.78, 5) is 29.5. The SMILES string of the molecule is CCN(Cc1ccccc1)C(=O)COC(=O)c1c[nH]c2ccc(Br)cc12. The number of rotatable bonds is 6. The molecule has 26 heavy (non-hydrogen) atoms. The molecule has 3 rings (SSSR count). The fraction of sp³-hybridized carbons (Fsp3) is 0.200. The van der Waals surface area contributed by atoms with Gasteiger partial charge in [0.2, 0.25) is 0 Å². The lowest BCUT2D eigenvalue weighted by molar-refractivity contribution is -0.134. The molecule has 0 aliphatic rings. The number of hydrogen-bond acceptors (Lipinski definition) is 3. The summed E-state index contributed by atoms with van der Waals surface area (Å²) in [6.07, 6.45) is 1.60. The molecule has 1 amide bonds. The number of halogens is 1. The summed E-state index contributed by atoms with van der Waals surface area (Å²) in [5.41, 5.74) is 2.29. The Bertz CT molecular complexity index is 921. The normalized spacial score (nSPS) is 10.7. The van der Waals surface area contributed by atoms with E-state index >= 15 is 0 Å². The molecule has 0 spiro atoms. The third kappa shape index (κ3) is 4.14. The molecule has 0 bridgehead atoms. The number of nitrogens with one attached hydrogen (secondary N) is 1. The summed E-state index contributed by atoms with van der Waals surface area (Å²) in [6.45, 7) is 2.67. The van der Waals surface area contributed by atoms with Gasteiger partial charge < -0.3 is 14.6 Å². The van der Waals surface area contributed by atoms with Crippen LogP contribution in [0.25, 0.3) is 10.9 Å². The van der Waals surface area contributed by atoms with E-state index in [1.165, 1.54) is 0 Å². The van der Waals surface area contributed by atoms with E-state index in [0.717, 1.165) is 20.9 Å². The highest BCUT2D eigenvalue weighted by atomic mass is 79.9. The Morgan fingerprint density at radius 2 is 1.92 bits per heavy atom. The van der Waals surface area contributed by atoms with Gasteiger partial charge in [-0.3, -0.25) is 4.79 Å². The van der Waals surface area contributed by atoms with Crippen molar-refractivity contribution in [2.45, 2.75) is 13.5 Å². The van der Waals surface area contributed by atoms with Crippen LogP contribution in [0.3, 0.4) is 0 Å². The quantitative estimate of drug-likeness (QED) is 0.616. The molecule has 0 unspecified atom stereocenters. The van der Waals surface area contributed by atoms with E-state index in [9.17, 15) is 9.59 Å². The molecule has 0 radical (unpaired) electrons. The maximum atomic E-state index is 12.4. The number of fused-ring (bicyclic) bond motifs is 1. The highest BCUT2D eigenvalue weighted by Gasteiger charge is 2.18. The molecule has 1 aromatic heterocycles. The topological polar surface area (TPSA) is 62.4 Å². The van der Waals surface area contributed by atoms with Crippen molar-refractivity contribution < 1.29 is 14.3 Å². The molecule has 6 heteroatoms. The zero-order valence-electron chi connectivity index (χ0n) is 14.4. The average Bonchev–Trinajstić information content (AvgIpc) is 3.07. The molecule has 0 saturated carbocycles. The van der Waals surface area contributed by atoms with Gasteiger partial charge in [0.15, 0.2) is 6.61 Å². The van der Waals surface area contributed by atoms with E-state index in [4.69, 9.17) is 4.74 Å². The second-order valence-corrected chi connectivity index (χ2v) is 6.78. The standard InChI is InChI=1S/C20H19BrN2O3/c1-2-23(12-14-6-4-3-5-7-14)19(24)13-26-20(25)17-11-22-18-9-8-15(21)10-16(17)18/h3-11,22H,2,12-13H2,1H3. The Morgan fingerprint density at radius 1 is 1.15 bits per heavy atom. The predicted octanol–water partition coefficient (Wildman–Crippen LogP) is 4.14. The summed E-state index contributed by atoms with van der Waals surface area (Å²) < 4.78 is 6.12. The molecule has 0 aliphatic carbocycles. The van der Waals surface area contributed by atoms with E-state index in [1.807, 2.05) is 55.5 Å². The molecule has 0 saturated heterocycles. The van der Waals surface area contributed by atoms with Crippen LogP contribution in [0.4, 0.5) is 0 Å². The summed E-state index contributed by atoms with van der Waals surface area (Å²) in [5.74, 6) is -0.732. The minimum Gasteiger partial charge on any atom is -0.452 e. The van der Waals surface area contributed by atoms with Crippen molar-refractivity contribution in [2.75, 3.05) is 13.2 Å². The number of esters is 1. The van der Waals surface area contributed by atoms with Gasteiger partial charge in [-0.15, -0.1) is 0 Å². The first-order valence-electron chi connectivity index (χ1n) is 8.34. The number of benzene rings is 2. The molecule has 1 heterocycles. The molecule has 1 N–H and O–H groups in total. The number of ether oxygens (including phenoxy) is 1. The summed E-state index contributed by atoms with van der Waals surface area (Å²) in [7, 11) is 0. The van der Waals surface area contributed by atoms with Crippen LogP contribution in [-0.2, 0) is 16.1 Å². The van der Waals surface area contributed by atoms with E-state index < -0.39 is 5.97 Å². The van der Waals surface area contributed by atoms with Crippen LogP contribution in [0.5, 0.6) is 0 Å². The van der Waals surface area contributed by atoms with E-state index in [2.05, 4.69) is 20.9 Å². The van der Waals surface area contributed by atoms with Crippen LogP contribution < -0.4 is 0 Å². The van der Waals surface area contributed by atoms with E-state index in [0.29, 0.717) is 18.7 Å². The number of likely N-dealkylation sites (N-methyl/N-ethyl adjacent to an activating group) is 1. The number of hydrogen-bond donors (Lipinski definition) is 1. The molecule has 134 valence electrons. The number of amides is 1. The van der Waals surface area contributed by atoms with Gasteiger partial charge in [-0.05, 0) is 30.7 Å². The number of H-pyrrole nitrogens is 1. The lowest BCUT2D eigenvalue weighted by Crippen LogP contribution is -2.34. The minimum atomic E-state index is -0.515. The Hall–Kier alpha value is -2.60. The van der Waals surface area contributed by atoms with Crippen LogP contribution in [0, 0.1) is 0 Å². The number of carbonyl (C=O) groups is 2. The van der Waals surface area contributed by atoms with Gasteiger partial charge in [0, 0.05) is 34.7 Å². The Kier molecular flexibility index (Phi) is 5.73. The first-order chi connectivity index (χ1) is 12.6. The van der Waals surface area contributed by atoms with Crippen molar-refractivity contribution in [3.8, 4) is 0 Å². The zero-order valence-corrected chi connectivity index (χ0v) is 16.0. The second-order valence-electron chi connectivity index (χ2n) is 5.86. The average molecular weight is 415 g/mol. The lowest BCUT2D eigenvalue weighted by atomic mass is 10.2. The first-order valence-corrected chi connectivity index (χ1v) is 9.13. The Morgan fingerprint density at radius 3 is 2.65 bits per heavy atom. The molecular formula is C20H19BrN2O3. The van der Waals surface area contributed by atoms with E-state index in [-0.39, 0.29) is 12.5 Å². The minimum absolute atomic E-state index is 0.217. The third-order valence-electron chi connectivity index (χ3n) is 4.14. The van der Waals surface area contributed by atoms with Crippen molar-refractivity contribution in [1.82, 2.24) is 9.88 Å². The number of aromatic amines is 1. The first kappa shape index (κ1) is 18.2. The number of aromatic nitrogens is 1. The fourth-order valence-electron chi connectivity index (χ4n) is 2.74. The summed E-state index contributed by atoms with van der Waals surface area (Å²) >= 11 is 3.40. The Labute approximate surface area is 160 Å². The Balaban J connectivity index is 1.64. The van der Waals surface area contributed by atoms with Gasteiger partial charge in [0.1, 0.15) is 0 Å². The van der Waals surface area contributed by atoms with Gasteiger partial charge in [0.05, 0.1) is 5.56 Å². The van der Waals surface area contributed by atoms with Gasteiger partial charge in [-0.1, -0.05) is 46.3 Å². The summed E-state index contributed by atoms with van der Waals surface area (Å²) in [6, 6.07) is 15.3. The predicted molar refractivity (Wildman–Crippen MR) is 104 cm³/mol. The van der Waals surface area contributed by atoms with Crippen molar-refractivity contribution >= 4 is 38.7 Å². The van der Waals surface area contributed by atoms with Crippen molar-refractivity contribution in [3.63, 3.8) is 0 Å². The molecule has 0 atom stereocenters. The smallest absolute Gasteiger partial charge is 0.340 e. The lowest BCUT2D eigenvalue weighted by Gasteiger charge is -2.20. The van der Waals surface area contributed by atoms with Crippen LogP contribution in [0.2, 0.25) is 0 Å². The van der Waals surface area contributed by atoms with Crippen LogP contribution in [0.15, 0.2) is 59.2 Å². The second kappa shape index (κ2) is 8.19. The monoisotopic (exact) mass is 414 g/mol. The van der Waals surface area contributed by atoms with Crippen LogP contribution in [-0.4, -0.2) is 34.9 Å². The molecular weight excluding hydrogens is 396 g/mol. The van der Waals surface area contributed by atoms with Gasteiger partial charge in [0.25, 0.3) is 5.91 Å². The molecule has 2 aromatic carbocycles. The molecule has 0 fully saturated rings. The molecule has 3 aromatic rings. The zero-order chi connectivity index (χ0) is 18.5. The van der Waals surface area contributed by atoms with E-state index in [1.54, 1.807) is 11.1 Å². The van der Waals surface area contributed by atoms with Crippen molar-refractivity contribution in [1.29, 1.82) is 0 Å². The maximum Gasteiger partial charge on any atom is 0.340 e. The highest BCUT2D eigenvalue weighted by molar-refractivity contribution is 9.10. The largest absolute Gasteiger partial charge is 0.452 e. The fourth-order valence-corrected chi connectivity index (χ4v) is 3.10. The summed E-state index contributed by atoms with van der Waals surface area (Å²) in [5, 5.41) is 0.758. The van der Waals surface area contributed by atoms with Gasteiger partial charge in [-0.2, -0.15) is 0 Å².